The molecule has 0 amide bonds. The summed E-state index contributed by atoms with van der Waals surface area (Å²) in [5.74, 6) is 0.0494. The van der Waals surface area contributed by atoms with Crippen molar-refractivity contribution in [1.29, 1.82) is 0 Å². The standard InChI is InChI=1S/C20H27NO3/c1-3-12-14(4-2)21-18-17(12)16-11-5-7-13(16)20(23)15(8-6-11)19(18,9-22)10-24-20/h3-4,11,13,15-16,21-23H,5-10H2,1-2H3/b12-3+,14-4+. The van der Waals surface area contributed by atoms with E-state index in [-0.39, 0.29) is 18.4 Å². The molecule has 6 atom stereocenters. The summed E-state index contributed by atoms with van der Waals surface area (Å²) in [7, 11) is 0. The number of aromatic nitrogens is 1. The summed E-state index contributed by atoms with van der Waals surface area (Å²) in [6, 6.07) is 0. The second kappa shape index (κ2) is 4.75. The van der Waals surface area contributed by atoms with E-state index in [1.54, 1.807) is 0 Å². The van der Waals surface area contributed by atoms with Crippen molar-refractivity contribution in [3.63, 3.8) is 0 Å². The number of hydrogen-bond donors (Lipinski definition) is 3. The molecule has 2 saturated carbocycles. The number of rotatable bonds is 1. The SMILES string of the molecule is C/C=c1/c2c([nH]/c1=C/C)C1(CO)COC3(O)C4CCC(CCC13)C24. The number of ether oxygens (including phenoxy) is 1. The van der Waals surface area contributed by atoms with Gasteiger partial charge >= 0.3 is 0 Å². The highest BCUT2D eigenvalue weighted by atomic mass is 16.6. The van der Waals surface area contributed by atoms with Crippen LogP contribution in [0, 0.1) is 17.8 Å². The van der Waals surface area contributed by atoms with Gasteiger partial charge in [0.05, 0.1) is 18.6 Å². The van der Waals surface area contributed by atoms with Crippen molar-refractivity contribution in [2.24, 2.45) is 17.8 Å². The number of hydrogen-bond acceptors (Lipinski definition) is 3. The van der Waals surface area contributed by atoms with Gasteiger partial charge < -0.3 is 19.9 Å². The first-order valence-electron chi connectivity index (χ1n) is 9.43. The molecule has 1 aromatic heterocycles. The molecule has 1 saturated heterocycles. The van der Waals surface area contributed by atoms with Crippen LogP contribution >= 0.6 is 0 Å². The topological polar surface area (TPSA) is 65.5 Å². The summed E-state index contributed by atoms with van der Waals surface area (Å²) in [6.45, 7) is 4.60. The predicted molar refractivity (Wildman–Crippen MR) is 91.7 cm³/mol. The molecule has 4 nitrogen and oxygen atoms in total. The zero-order chi connectivity index (χ0) is 16.7. The molecular formula is C20H27NO3. The Morgan fingerprint density at radius 3 is 2.71 bits per heavy atom. The van der Waals surface area contributed by atoms with Crippen LogP contribution in [0.1, 0.15) is 56.7 Å². The Labute approximate surface area is 142 Å². The van der Waals surface area contributed by atoms with Crippen LogP contribution < -0.4 is 10.6 Å². The minimum Gasteiger partial charge on any atom is -0.395 e. The number of aromatic amines is 1. The zero-order valence-electron chi connectivity index (χ0n) is 14.5. The van der Waals surface area contributed by atoms with Gasteiger partial charge in [-0.25, -0.2) is 0 Å². The van der Waals surface area contributed by atoms with Crippen LogP contribution in [0.25, 0.3) is 12.2 Å². The smallest absolute Gasteiger partial charge is 0.172 e. The second-order valence-electron chi connectivity index (χ2n) is 8.27. The largest absolute Gasteiger partial charge is 0.395 e. The van der Waals surface area contributed by atoms with Crippen molar-refractivity contribution in [3.05, 3.63) is 21.8 Å². The molecule has 0 aromatic carbocycles. The van der Waals surface area contributed by atoms with E-state index < -0.39 is 11.2 Å². The normalized spacial score (nSPS) is 47.2. The van der Waals surface area contributed by atoms with E-state index in [0.717, 1.165) is 30.3 Å². The van der Waals surface area contributed by atoms with Gasteiger partial charge in [0, 0.05) is 22.9 Å². The Balaban J connectivity index is 1.93. The summed E-state index contributed by atoms with van der Waals surface area (Å²) in [5.41, 5.74) is 2.03. The summed E-state index contributed by atoms with van der Waals surface area (Å²) in [4.78, 5) is 3.64. The van der Waals surface area contributed by atoms with Gasteiger partial charge in [0.2, 0.25) is 0 Å². The van der Waals surface area contributed by atoms with Crippen LogP contribution in [-0.2, 0) is 10.2 Å². The molecule has 3 fully saturated rings. The highest BCUT2D eigenvalue weighted by Crippen LogP contribution is 2.65. The molecule has 4 heteroatoms. The molecule has 0 radical (unpaired) electrons. The van der Waals surface area contributed by atoms with Gasteiger partial charge in [-0.2, -0.15) is 0 Å². The first kappa shape index (κ1) is 15.2. The molecule has 2 heterocycles. The molecule has 3 N–H and O–H groups in total. The van der Waals surface area contributed by atoms with Crippen LogP contribution in [0.3, 0.4) is 0 Å². The molecule has 4 aliphatic rings. The van der Waals surface area contributed by atoms with Gasteiger partial charge in [0.25, 0.3) is 0 Å². The van der Waals surface area contributed by atoms with E-state index in [4.69, 9.17) is 4.74 Å². The van der Waals surface area contributed by atoms with Crippen LogP contribution in [0.4, 0.5) is 0 Å². The zero-order valence-corrected chi connectivity index (χ0v) is 14.5. The number of aliphatic hydroxyl groups is 2. The maximum Gasteiger partial charge on any atom is 0.172 e. The van der Waals surface area contributed by atoms with Crippen LogP contribution in [0.2, 0.25) is 0 Å². The number of nitrogens with one attached hydrogen (secondary N) is 1. The minimum atomic E-state index is -1.07. The fourth-order valence-electron chi connectivity index (χ4n) is 6.68. The van der Waals surface area contributed by atoms with Crippen molar-refractivity contribution >= 4 is 12.2 Å². The Hall–Kier alpha value is -1.10. The third-order valence-electron chi connectivity index (χ3n) is 7.67. The molecule has 24 heavy (non-hydrogen) atoms. The van der Waals surface area contributed by atoms with Gasteiger partial charge in [0.15, 0.2) is 5.79 Å². The van der Waals surface area contributed by atoms with Gasteiger partial charge in [0.1, 0.15) is 0 Å². The highest BCUT2D eigenvalue weighted by molar-refractivity contribution is 5.46. The molecule has 3 aliphatic carbocycles. The second-order valence-corrected chi connectivity index (χ2v) is 8.27. The van der Waals surface area contributed by atoms with Crippen molar-refractivity contribution in [2.75, 3.05) is 13.2 Å². The van der Waals surface area contributed by atoms with E-state index >= 15 is 0 Å². The van der Waals surface area contributed by atoms with E-state index in [9.17, 15) is 10.2 Å². The first-order valence-corrected chi connectivity index (χ1v) is 9.43. The van der Waals surface area contributed by atoms with Crippen molar-refractivity contribution < 1.29 is 14.9 Å². The van der Waals surface area contributed by atoms with E-state index in [1.807, 2.05) is 0 Å². The van der Waals surface area contributed by atoms with Crippen LogP contribution in [-0.4, -0.2) is 34.2 Å². The fraction of sp³-hybridized carbons (Fsp3) is 0.700. The fourth-order valence-corrected chi connectivity index (χ4v) is 6.68. The maximum absolute atomic E-state index is 11.6. The van der Waals surface area contributed by atoms with Crippen molar-refractivity contribution in [2.45, 2.75) is 56.7 Å². The third-order valence-corrected chi connectivity index (χ3v) is 7.67. The van der Waals surface area contributed by atoms with Crippen LogP contribution in [0.15, 0.2) is 0 Å². The quantitative estimate of drug-likeness (QED) is 0.723. The molecule has 0 spiro atoms. The highest BCUT2D eigenvalue weighted by Gasteiger charge is 2.69. The monoisotopic (exact) mass is 329 g/mol. The Bertz CT molecular complexity index is 812. The Morgan fingerprint density at radius 1 is 1.21 bits per heavy atom. The third kappa shape index (κ3) is 1.48. The van der Waals surface area contributed by atoms with Gasteiger partial charge in [-0.1, -0.05) is 12.2 Å². The molecule has 6 bridgehead atoms. The molecule has 1 aromatic rings. The maximum atomic E-state index is 11.6. The number of fused-ring (bicyclic) bond motifs is 2. The van der Waals surface area contributed by atoms with Gasteiger partial charge in [-0.3, -0.25) is 0 Å². The Morgan fingerprint density at radius 2 is 2.00 bits per heavy atom. The number of aliphatic hydroxyl groups excluding tert-OH is 1. The summed E-state index contributed by atoms with van der Waals surface area (Å²) >= 11 is 0. The molecule has 1 aliphatic heterocycles. The minimum absolute atomic E-state index is 0.0119. The molecule has 6 unspecified atom stereocenters. The molecule has 130 valence electrons. The first-order chi connectivity index (χ1) is 11.6. The van der Waals surface area contributed by atoms with E-state index in [2.05, 4.69) is 31.0 Å². The van der Waals surface area contributed by atoms with Gasteiger partial charge in [-0.05, 0) is 62.1 Å². The van der Waals surface area contributed by atoms with E-state index in [0.29, 0.717) is 18.4 Å². The molecule has 5 rings (SSSR count). The molecular weight excluding hydrogens is 302 g/mol. The van der Waals surface area contributed by atoms with Crippen LogP contribution in [0.5, 0.6) is 0 Å². The Kier molecular flexibility index (Phi) is 3.00. The van der Waals surface area contributed by atoms with Crippen molar-refractivity contribution in [3.8, 4) is 0 Å². The lowest BCUT2D eigenvalue weighted by Crippen LogP contribution is -2.48. The summed E-state index contributed by atoms with van der Waals surface area (Å²) in [5, 5.41) is 24.4. The lowest BCUT2D eigenvalue weighted by Gasteiger charge is -2.38. The number of H-pyrrole nitrogens is 1. The summed E-state index contributed by atoms with van der Waals surface area (Å²) in [6.07, 6.45) is 8.62. The van der Waals surface area contributed by atoms with Gasteiger partial charge in [-0.15, -0.1) is 0 Å². The lowest BCUT2D eigenvalue weighted by atomic mass is 9.68. The summed E-state index contributed by atoms with van der Waals surface area (Å²) < 4.78 is 6.11. The lowest BCUT2D eigenvalue weighted by molar-refractivity contribution is -0.231. The van der Waals surface area contributed by atoms with Crippen molar-refractivity contribution in [1.82, 2.24) is 4.98 Å². The predicted octanol–water partition coefficient (Wildman–Crippen LogP) is 1.10. The average Bonchev–Trinajstić information content (AvgIpc) is 3.19. The van der Waals surface area contributed by atoms with E-state index in [1.165, 1.54) is 17.2 Å². The average molecular weight is 329 g/mol.